The van der Waals surface area contributed by atoms with Crippen molar-refractivity contribution in [3.05, 3.63) is 70.5 Å². The fraction of sp³-hybridized carbons (Fsp3) is 0.300. The molecule has 2 aromatic carbocycles. The van der Waals surface area contributed by atoms with Gasteiger partial charge in [0.1, 0.15) is 5.82 Å². The normalized spacial score (nSPS) is 24.2. The zero-order valence-electron chi connectivity index (χ0n) is 13.7. The largest absolute Gasteiger partial charge is 0.479 e. The number of aryl methyl sites for hydroxylation is 1. The Bertz CT molecular complexity index is 879. The van der Waals surface area contributed by atoms with Crippen LogP contribution in [-0.4, -0.2) is 17.0 Å². The molecule has 1 saturated carbocycles. The van der Waals surface area contributed by atoms with E-state index in [0.29, 0.717) is 11.1 Å². The van der Waals surface area contributed by atoms with E-state index in [-0.39, 0.29) is 23.7 Å². The number of carbonyl (C=O) groups is 2. The van der Waals surface area contributed by atoms with Crippen molar-refractivity contribution in [3.8, 4) is 0 Å². The first-order valence-corrected chi connectivity index (χ1v) is 8.34. The molecule has 0 spiro atoms. The van der Waals surface area contributed by atoms with Gasteiger partial charge in [-0.25, -0.2) is 9.18 Å². The molecule has 0 bridgehead atoms. The maximum absolute atomic E-state index is 13.4. The molecule has 4 nitrogen and oxygen atoms in total. The number of amides is 1. The Hall–Kier alpha value is -2.69. The lowest BCUT2D eigenvalue weighted by Crippen LogP contribution is -2.35. The van der Waals surface area contributed by atoms with Gasteiger partial charge in [0.05, 0.1) is 0 Å². The van der Waals surface area contributed by atoms with Crippen LogP contribution >= 0.6 is 0 Å². The summed E-state index contributed by atoms with van der Waals surface area (Å²) in [7, 11) is 0. The van der Waals surface area contributed by atoms with Crippen LogP contribution < -0.4 is 5.32 Å². The number of benzene rings is 2. The second kappa shape index (κ2) is 5.69. The standard InChI is InChI=1S/C20H18FNO3/c1-10-8-12(6-7-15(10)21)18(20(24)25)22-19(23)17-14-9-11-4-2-3-5-13(11)16(14)17/h2-8,14,16-18H,9H2,1H3,(H,22,23)(H,24,25). The molecule has 1 amide bonds. The van der Waals surface area contributed by atoms with Gasteiger partial charge < -0.3 is 10.4 Å². The van der Waals surface area contributed by atoms with Crippen LogP contribution in [0.4, 0.5) is 4.39 Å². The van der Waals surface area contributed by atoms with Crippen LogP contribution in [0.15, 0.2) is 42.5 Å². The van der Waals surface area contributed by atoms with Crippen LogP contribution in [0, 0.1) is 24.6 Å². The van der Waals surface area contributed by atoms with Crippen molar-refractivity contribution in [1.82, 2.24) is 5.32 Å². The molecule has 2 aromatic rings. The van der Waals surface area contributed by atoms with Gasteiger partial charge in [-0.2, -0.15) is 0 Å². The van der Waals surface area contributed by atoms with Gasteiger partial charge in [0.2, 0.25) is 5.91 Å². The van der Waals surface area contributed by atoms with Gasteiger partial charge in [0.25, 0.3) is 0 Å². The van der Waals surface area contributed by atoms with E-state index in [4.69, 9.17) is 0 Å². The SMILES string of the molecule is Cc1cc(C(NC(=O)C2C3Cc4ccccc4C32)C(=O)O)ccc1F. The van der Waals surface area contributed by atoms with E-state index in [1.54, 1.807) is 6.92 Å². The summed E-state index contributed by atoms with van der Waals surface area (Å²) < 4.78 is 13.4. The summed E-state index contributed by atoms with van der Waals surface area (Å²) in [6.45, 7) is 1.57. The molecule has 128 valence electrons. The van der Waals surface area contributed by atoms with Gasteiger partial charge in [-0.15, -0.1) is 0 Å². The Kier molecular flexibility index (Phi) is 3.60. The first-order chi connectivity index (χ1) is 12.0. The molecule has 4 atom stereocenters. The van der Waals surface area contributed by atoms with Crippen molar-refractivity contribution >= 4 is 11.9 Å². The Labute approximate surface area is 144 Å². The van der Waals surface area contributed by atoms with Crippen molar-refractivity contribution in [2.75, 3.05) is 0 Å². The molecule has 25 heavy (non-hydrogen) atoms. The number of fused-ring (bicyclic) bond motifs is 3. The summed E-state index contributed by atoms with van der Waals surface area (Å²) in [4.78, 5) is 24.2. The van der Waals surface area contributed by atoms with E-state index in [9.17, 15) is 19.1 Å². The quantitative estimate of drug-likeness (QED) is 0.900. The Morgan fingerprint density at radius 2 is 2.00 bits per heavy atom. The topological polar surface area (TPSA) is 66.4 Å². The van der Waals surface area contributed by atoms with Crippen molar-refractivity contribution in [2.24, 2.45) is 11.8 Å². The summed E-state index contributed by atoms with van der Waals surface area (Å²) in [6.07, 6.45) is 0.867. The van der Waals surface area contributed by atoms with Crippen molar-refractivity contribution in [3.63, 3.8) is 0 Å². The fourth-order valence-electron chi connectivity index (χ4n) is 4.08. The van der Waals surface area contributed by atoms with Gasteiger partial charge in [-0.1, -0.05) is 36.4 Å². The maximum Gasteiger partial charge on any atom is 0.330 e. The second-order valence-corrected chi connectivity index (χ2v) is 6.91. The average Bonchev–Trinajstić information content (AvgIpc) is 3.17. The third kappa shape index (κ3) is 2.60. The highest BCUT2D eigenvalue weighted by molar-refractivity contribution is 5.89. The predicted octanol–water partition coefficient (Wildman–Crippen LogP) is 2.96. The number of halogens is 1. The molecule has 0 radical (unpaired) electrons. The van der Waals surface area contributed by atoms with Crippen LogP contribution in [0.5, 0.6) is 0 Å². The molecule has 2 N–H and O–H groups in total. The molecule has 0 heterocycles. The number of hydrogen-bond acceptors (Lipinski definition) is 2. The summed E-state index contributed by atoms with van der Waals surface area (Å²) in [5, 5.41) is 12.1. The van der Waals surface area contributed by atoms with Crippen molar-refractivity contribution in [2.45, 2.75) is 25.3 Å². The minimum Gasteiger partial charge on any atom is -0.479 e. The number of carboxylic acids is 1. The molecule has 0 aromatic heterocycles. The average molecular weight is 339 g/mol. The lowest BCUT2D eigenvalue weighted by atomic mass is 10.0. The summed E-state index contributed by atoms with van der Waals surface area (Å²) in [6, 6.07) is 11.0. The van der Waals surface area contributed by atoms with Gasteiger partial charge in [0, 0.05) is 5.92 Å². The molecular formula is C20H18FNO3. The monoisotopic (exact) mass is 339 g/mol. The third-order valence-corrected chi connectivity index (χ3v) is 5.39. The number of nitrogens with one attached hydrogen (secondary N) is 1. The number of carboxylic acid groups (broad SMARTS) is 1. The predicted molar refractivity (Wildman–Crippen MR) is 89.5 cm³/mol. The molecule has 2 aliphatic carbocycles. The van der Waals surface area contributed by atoms with Gasteiger partial charge in [-0.3, -0.25) is 4.79 Å². The highest BCUT2D eigenvalue weighted by Gasteiger charge is 2.59. The van der Waals surface area contributed by atoms with E-state index in [0.717, 1.165) is 6.42 Å². The lowest BCUT2D eigenvalue weighted by Gasteiger charge is -2.17. The smallest absolute Gasteiger partial charge is 0.330 e. The number of aliphatic carboxylic acids is 1. The van der Waals surface area contributed by atoms with Crippen LogP contribution in [0.1, 0.15) is 34.2 Å². The maximum atomic E-state index is 13.4. The highest BCUT2D eigenvalue weighted by atomic mass is 19.1. The van der Waals surface area contributed by atoms with Crippen LogP contribution in [0.2, 0.25) is 0 Å². The minimum atomic E-state index is -1.16. The van der Waals surface area contributed by atoms with Gasteiger partial charge in [-0.05, 0) is 53.5 Å². The molecule has 4 rings (SSSR count). The summed E-state index contributed by atoms with van der Waals surface area (Å²) in [5.41, 5.74) is 3.23. The zero-order chi connectivity index (χ0) is 17.7. The van der Waals surface area contributed by atoms with Crippen LogP contribution in [0.25, 0.3) is 0 Å². The van der Waals surface area contributed by atoms with E-state index in [1.807, 2.05) is 18.2 Å². The first-order valence-electron chi connectivity index (χ1n) is 8.34. The fourth-order valence-corrected chi connectivity index (χ4v) is 4.08. The summed E-state index contributed by atoms with van der Waals surface area (Å²) >= 11 is 0. The molecule has 4 unspecified atom stereocenters. The third-order valence-electron chi connectivity index (χ3n) is 5.39. The second-order valence-electron chi connectivity index (χ2n) is 6.91. The molecular weight excluding hydrogens is 321 g/mol. The molecule has 0 aliphatic heterocycles. The van der Waals surface area contributed by atoms with Crippen molar-refractivity contribution < 1.29 is 19.1 Å². The minimum absolute atomic E-state index is 0.168. The number of hydrogen-bond donors (Lipinski definition) is 2. The zero-order valence-corrected chi connectivity index (χ0v) is 13.7. The van der Waals surface area contributed by atoms with Gasteiger partial charge >= 0.3 is 5.97 Å². The van der Waals surface area contributed by atoms with E-state index < -0.39 is 17.8 Å². The molecule has 2 aliphatic rings. The van der Waals surface area contributed by atoms with Crippen LogP contribution in [0.3, 0.4) is 0 Å². The highest BCUT2D eigenvalue weighted by Crippen LogP contribution is 2.61. The van der Waals surface area contributed by atoms with E-state index >= 15 is 0 Å². The molecule has 0 saturated heterocycles. The van der Waals surface area contributed by atoms with E-state index in [2.05, 4.69) is 11.4 Å². The Morgan fingerprint density at radius 1 is 1.24 bits per heavy atom. The van der Waals surface area contributed by atoms with Gasteiger partial charge in [0.15, 0.2) is 6.04 Å². The number of carbonyl (C=O) groups excluding carboxylic acids is 1. The summed E-state index contributed by atoms with van der Waals surface area (Å²) in [5.74, 6) is -1.49. The first kappa shape index (κ1) is 15.8. The Balaban J connectivity index is 1.52. The molecule has 1 fully saturated rings. The molecule has 5 heteroatoms. The Morgan fingerprint density at radius 3 is 2.72 bits per heavy atom. The van der Waals surface area contributed by atoms with Crippen LogP contribution in [-0.2, 0) is 16.0 Å². The van der Waals surface area contributed by atoms with Crippen molar-refractivity contribution in [1.29, 1.82) is 0 Å². The number of rotatable bonds is 4. The lowest BCUT2D eigenvalue weighted by molar-refractivity contribution is -0.142. The van der Waals surface area contributed by atoms with E-state index in [1.165, 1.54) is 29.3 Å².